The molecule has 3 nitrogen and oxygen atoms in total. The van der Waals surface area contributed by atoms with Crippen LogP contribution < -0.4 is 10.1 Å². The highest BCUT2D eigenvalue weighted by atomic mass is 32.2. The molecule has 0 aliphatic carbocycles. The van der Waals surface area contributed by atoms with Gasteiger partial charge in [-0.3, -0.25) is 4.79 Å². The number of carbonyl (C=O) groups excluding carboxylic acids is 1. The number of nitrogens with one attached hydrogen (secondary N) is 1. The fourth-order valence-corrected chi connectivity index (χ4v) is 4.05. The number of anilines is 2. The third kappa shape index (κ3) is 2.26. The zero-order valence-electron chi connectivity index (χ0n) is 12.8. The average molecular weight is 321 g/mol. The van der Waals surface area contributed by atoms with Crippen molar-refractivity contribution in [2.75, 3.05) is 5.32 Å². The van der Waals surface area contributed by atoms with Gasteiger partial charge in [-0.25, -0.2) is 0 Å². The summed E-state index contributed by atoms with van der Waals surface area (Å²) in [5, 5.41) is 5.56. The van der Waals surface area contributed by atoms with E-state index in [9.17, 15) is 4.79 Å². The van der Waals surface area contributed by atoms with Crippen molar-refractivity contribution in [2.45, 2.75) is 23.6 Å². The van der Waals surface area contributed by atoms with Crippen molar-refractivity contribution in [3.63, 3.8) is 0 Å². The Kier molecular flexibility index (Phi) is 3.27. The van der Waals surface area contributed by atoms with E-state index in [4.69, 9.17) is 4.74 Å². The van der Waals surface area contributed by atoms with Gasteiger partial charge in [0.2, 0.25) is 0 Å². The topological polar surface area (TPSA) is 38.3 Å². The molecule has 0 fully saturated rings. The lowest BCUT2D eigenvalue weighted by Gasteiger charge is -2.25. The van der Waals surface area contributed by atoms with Crippen molar-refractivity contribution in [1.29, 1.82) is 0 Å². The highest BCUT2D eigenvalue weighted by molar-refractivity contribution is 7.99. The Hall–Kier alpha value is -2.46. The van der Waals surface area contributed by atoms with E-state index >= 15 is 0 Å². The van der Waals surface area contributed by atoms with Gasteiger partial charge in [0.1, 0.15) is 5.75 Å². The lowest BCUT2D eigenvalue weighted by molar-refractivity contribution is -0.131. The lowest BCUT2D eigenvalue weighted by atomic mass is 10.0. The van der Waals surface area contributed by atoms with Gasteiger partial charge < -0.3 is 10.1 Å². The smallest absolute Gasteiger partial charge is 0.308 e. The molecule has 0 atom stereocenters. The molecule has 1 aliphatic rings. The third-order valence-corrected chi connectivity index (χ3v) is 5.24. The van der Waals surface area contributed by atoms with Gasteiger partial charge in [0, 0.05) is 33.1 Å². The van der Waals surface area contributed by atoms with Crippen molar-refractivity contribution in [3.8, 4) is 5.75 Å². The first kappa shape index (κ1) is 14.2. The fraction of sp³-hybridized carbons (Fsp3) is 0.105. The molecule has 3 aromatic rings. The molecule has 3 aromatic carbocycles. The normalized spacial score (nSPS) is 12.3. The van der Waals surface area contributed by atoms with Gasteiger partial charge in [-0.1, -0.05) is 48.2 Å². The third-order valence-electron chi connectivity index (χ3n) is 3.95. The summed E-state index contributed by atoms with van der Waals surface area (Å²) in [5.41, 5.74) is 3.17. The molecule has 1 aliphatic heterocycles. The van der Waals surface area contributed by atoms with Crippen LogP contribution >= 0.6 is 11.8 Å². The van der Waals surface area contributed by atoms with E-state index < -0.39 is 0 Å². The van der Waals surface area contributed by atoms with E-state index in [0.717, 1.165) is 32.6 Å². The number of esters is 1. The van der Waals surface area contributed by atoms with E-state index in [1.165, 1.54) is 11.8 Å². The summed E-state index contributed by atoms with van der Waals surface area (Å²) < 4.78 is 5.53. The second-order valence-electron chi connectivity index (χ2n) is 5.52. The van der Waals surface area contributed by atoms with Gasteiger partial charge in [-0.05, 0) is 19.1 Å². The van der Waals surface area contributed by atoms with Crippen LogP contribution in [-0.4, -0.2) is 5.97 Å². The monoisotopic (exact) mass is 321 g/mol. The number of hydrogen-bond donors (Lipinski definition) is 1. The van der Waals surface area contributed by atoms with Crippen molar-refractivity contribution in [3.05, 3.63) is 54.1 Å². The van der Waals surface area contributed by atoms with Gasteiger partial charge in [-0.15, -0.1) is 0 Å². The van der Waals surface area contributed by atoms with Gasteiger partial charge >= 0.3 is 5.97 Å². The molecule has 0 spiro atoms. The first-order valence-corrected chi connectivity index (χ1v) is 8.24. The van der Waals surface area contributed by atoms with Crippen LogP contribution in [0.15, 0.2) is 58.3 Å². The summed E-state index contributed by atoms with van der Waals surface area (Å²) in [7, 11) is 0. The summed E-state index contributed by atoms with van der Waals surface area (Å²) in [6, 6.07) is 16.2. The van der Waals surface area contributed by atoms with Crippen molar-refractivity contribution in [1.82, 2.24) is 0 Å². The summed E-state index contributed by atoms with van der Waals surface area (Å²) in [4.78, 5) is 13.8. The molecule has 0 radical (unpaired) electrons. The molecule has 114 valence electrons. The Morgan fingerprint density at radius 2 is 1.74 bits per heavy atom. The fourth-order valence-electron chi connectivity index (χ4n) is 2.94. The Bertz CT molecular complexity index is 949. The maximum atomic E-state index is 11.5. The maximum absolute atomic E-state index is 11.5. The predicted octanol–water partition coefficient (Wildman–Crippen LogP) is 5.28. The van der Waals surface area contributed by atoms with Crippen LogP contribution in [0.25, 0.3) is 10.8 Å². The second kappa shape index (κ2) is 5.32. The number of hydrogen-bond acceptors (Lipinski definition) is 4. The second-order valence-corrected chi connectivity index (χ2v) is 6.57. The van der Waals surface area contributed by atoms with Gasteiger partial charge in [0.25, 0.3) is 0 Å². The molecule has 1 heterocycles. The number of benzene rings is 3. The number of ether oxygens (including phenoxy) is 1. The van der Waals surface area contributed by atoms with Crippen LogP contribution in [-0.2, 0) is 4.79 Å². The minimum atomic E-state index is -0.299. The molecule has 4 heteroatoms. The van der Waals surface area contributed by atoms with Crippen molar-refractivity contribution >= 4 is 39.9 Å². The zero-order valence-corrected chi connectivity index (χ0v) is 13.7. The lowest BCUT2D eigenvalue weighted by Crippen LogP contribution is -2.07. The summed E-state index contributed by atoms with van der Waals surface area (Å²) >= 11 is 1.71. The molecule has 0 bridgehead atoms. The van der Waals surface area contributed by atoms with Crippen molar-refractivity contribution < 1.29 is 9.53 Å². The molecule has 0 unspecified atom stereocenters. The van der Waals surface area contributed by atoms with Crippen molar-refractivity contribution in [2.24, 2.45) is 0 Å². The zero-order chi connectivity index (χ0) is 16.0. The quantitative estimate of drug-likeness (QED) is 0.382. The molecule has 0 saturated heterocycles. The number of fused-ring (bicyclic) bond motifs is 4. The van der Waals surface area contributed by atoms with E-state index in [2.05, 4.69) is 23.5 Å². The number of carbonyl (C=O) groups is 1. The molecule has 0 saturated carbocycles. The summed E-state index contributed by atoms with van der Waals surface area (Å²) in [6.07, 6.45) is 0. The summed E-state index contributed by atoms with van der Waals surface area (Å²) in [6.45, 7) is 3.44. The highest BCUT2D eigenvalue weighted by Crippen LogP contribution is 2.51. The van der Waals surface area contributed by atoms with Gasteiger partial charge in [0.05, 0.1) is 11.4 Å². The minimum Gasteiger partial charge on any atom is -0.426 e. The predicted molar refractivity (Wildman–Crippen MR) is 93.8 cm³/mol. The Balaban J connectivity index is 2.02. The Morgan fingerprint density at radius 1 is 1.04 bits per heavy atom. The molecular formula is C19H15NO2S. The van der Waals surface area contributed by atoms with E-state index in [0.29, 0.717) is 5.75 Å². The van der Waals surface area contributed by atoms with Crippen LogP contribution in [0.2, 0.25) is 0 Å². The van der Waals surface area contributed by atoms with E-state index in [1.807, 2.05) is 37.3 Å². The first-order chi connectivity index (χ1) is 11.1. The standard InChI is InChI=1S/C19H15NO2S/c1-11-18(22-12(2)21)14-8-4-3-7-13(14)17-19(11)23-16-10-6-5-9-15(16)20-17/h3-10,20H,1-2H3. The largest absolute Gasteiger partial charge is 0.426 e. The molecule has 4 rings (SSSR count). The first-order valence-electron chi connectivity index (χ1n) is 7.43. The van der Waals surface area contributed by atoms with Gasteiger partial charge in [-0.2, -0.15) is 0 Å². The Morgan fingerprint density at radius 3 is 2.52 bits per heavy atom. The minimum absolute atomic E-state index is 0.299. The van der Waals surface area contributed by atoms with Crippen LogP contribution in [0.1, 0.15) is 12.5 Å². The number of rotatable bonds is 1. The van der Waals surface area contributed by atoms with Crippen LogP contribution in [0.5, 0.6) is 5.75 Å². The summed E-state index contributed by atoms with van der Waals surface area (Å²) in [5.74, 6) is 0.355. The van der Waals surface area contributed by atoms with Gasteiger partial charge in [0.15, 0.2) is 0 Å². The molecule has 0 amide bonds. The highest BCUT2D eigenvalue weighted by Gasteiger charge is 2.24. The van der Waals surface area contributed by atoms with Crippen LogP contribution in [0.3, 0.4) is 0 Å². The molecular weight excluding hydrogens is 306 g/mol. The van der Waals surface area contributed by atoms with E-state index in [-0.39, 0.29) is 5.97 Å². The molecule has 23 heavy (non-hydrogen) atoms. The average Bonchev–Trinajstić information content (AvgIpc) is 2.57. The SMILES string of the molecule is CC(=O)Oc1c(C)c2c(c3ccccc13)Nc1ccccc1S2. The molecule has 0 aromatic heterocycles. The maximum Gasteiger partial charge on any atom is 0.308 e. The van der Waals surface area contributed by atoms with Crippen LogP contribution in [0.4, 0.5) is 11.4 Å². The Labute approximate surface area is 138 Å². The number of para-hydroxylation sites is 1. The van der Waals surface area contributed by atoms with Crippen LogP contribution in [0, 0.1) is 6.92 Å². The van der Waals surface area contributed by atoms with E-state index in [1.54, 1.807) is 11.8 Å². The molecule has 1 N–H and O–H groups in total.